The molecule has 1 saturated heterocycles. The number of Topliss-reactive ketones (excluding diaryl/α,β-unsaturated/α-hetero) is 1. The number of rotatable bonds is 10. The Morgan fingerprint density at radius 3 is 2.16 bits per heavy atom. The number of ether oxygens (including phenoxy) is 1. The van der Waals surface area contributed by atoms with Gasteiger partial charge in [0.2, 0.25) is 23.5 Å². The van der Waals surface area contributed by atoms with Crippen molar-refractivity contribution in [2.24, 2.45) is 10.8 Å². The average molecular weight is 543 g/mol. The van der Waals surface area contributed by atoms with Crippen molar-refractivity contribution in [3.05, 3.63) is 0 Å². The molecule has 1 aliphatic heterocycles. The number of hydrogen-bond donors (Lipinski definition) is 3. The van der Waals surface area contributed by atoms with Gasteiger partial charge in [-0.1, -0.05) is 20.8 Å². The minimum absolute atomic E-state index is 0.0922. The number of ketones is 1. The molecule has 2 saturated carbocycles. The minimum atomic E-state index is -3.10. The van der Waals surface area contributed by atoms with Crippen LogP contribution in [0.15, 0.2) is 0 Å². The van der Waals surface area contributed by atoms with Gasteiger partial charge in [-0.25, -0.2) is 13.6 Å². The highest BCUT2D eigenvalue weighted by molar-refractivity contribution is 6.38. The predicted octanol–water partition coefficient (Wildman–Crippen LogP) is 2.30. The Balaban J connectivity index is 1.82. The molecule has 3 aliphatic rings. The number of nitrogens with one attached hydrogen (secondary N) is 3. The molecule has 0 radical (unpaired) electrons. The number of alkyl carbamates (subject to hydrolysis) is 1. The van der Waals surface area contributed by atoms with Gasteiger partial charge in [0, 0.05) is 19.0 Å². The quantitative estimate of drug-likeness (QED) is 0.363. The number of methoxy groups -OCH3 is 1. The average Bonchev–Trinajstić information content (AvgIpc) is 3.76. The lowest BCUT2D eigenvalue weighted by Crippen LogP contribution is -2.62. The first-order chi connectivity index (χ1) is 17.5. The molecule has 3 rings (SSSR count). The Morgan fingerprint density at radius 1 is 1.03 bits per heavy atom. The summed E-state index contributed by atoms with van der Waals surface area (Å²) in [7, 11) is 1.18. The van der Waals surface area contributed by atoms with E-state index >= 15 is 0 Å². The van der Waals surface area contributed by atoms with Crippen LogP contribution >= 0.6 is 0 Å². The van der Waals surface area contributed by atoms with Crippen LogP contribution < -0.4 is 16.0 Å². The number of alkyl halides is 2. The molecule has 3 fully saturated rings. The fraction of sp³-hybridized carbons (Fsp3) is 0.808. The van der Waals surface area contributed by atoms with Crippen LogP contribution in [0.4, 0.5) is 13.6 Å². The third kappa shape index (κ3) is 7.86. The molecule has 0 aromatic carbocycles. The minimum Gasteiger partial charge on any atom is -0.453 e. The summed E-state index contributed by atoms with van der Waals surface area (Å²) in [6.45, 7) is 6.28. The largest absolute Gasteiger partial charge is 0.453 e. The molecule has 214 valence electrons. The lowest BCUT2D eigenvalue weighted by atomic mass is 9.82. The van der Waals surface area contributed by atoms with Crippen LogP contribution in [0.1, 0.15) is 79.1 Å². The highest BCUT2D eigenvalue weighted by atomic mass is 19.3. The summed E-state index contributed by atoms with van der Waals surface area (Å²) in [6.07, 6.45) is 2.39. The van der Waals surface area contributed by atoms with Gasteiger partial charge in [0.25, 0.3) is 5.91 Å². The maximum atomic E-state index is 13.7. The predicted molar refractivity (Wildman–Crippen MR) is 133 cm³/mol. The molecule has 0 aromatic rings. The molecule has 4 amide bonds. The zero-order chi connectivity index (χ0) is 28.5. The maximum Gasteiger partial charge on any atom is 0.407 e. The molecule has 1 heterocycles. The molecular formula is C26H40F2N4O6. The van der Waals surface area contributed by atoms with E-state index in [-0.39, 0.29) is 18.0 Å². The maximum absolute atomic E-state index is 13.7. The summed E-state index contributed by atoms with van der Waals surface area (Å²) in [5, 5.41) is 7.63. The molecule has 12 heteroatoms. The molecule has 0 aromatic heterocycles. The summed E-state index contributed by atoms with van der Waals surface area (Å²) in [4.78, 5) is 66.0. The number of carbonyl (C=O) groups excluding carboxylic acids is 5. The van der Waals surface area contributed by atoms with E-state index in [2.05, 4.69) is 20.7 Å². The number of amides is 4. The van der Waals surface area contributed by atoms with Crippen molar-refractivity contribution < 1.29 is 37.5 Å². The van der Waals surface area contributed by atoms with Gasteiger partial charge >= 0.3 is 6.09 Å². The second kappa shape index (κ2) is 11.1. The van der Waals surface area contributed by atoms with Crippen LogP contribution in [0.3, 0.4) is 0 Å². The van der Waals surface area contributed by atoms with E-state index in [0.717, 1.165) is 25.7 Å². The zero-order valence-corrected chi connectivity index (χ0v) is 22.8. The van der Waals surface area contributed by atoms with Crippen molar-refractivity contribution in [1.29, 1.82) is 0 Å². The van der Waals surface area contributed by atoms with Crippen LogP contribution in [0.25, 0.3) is 0 Å². The molecular weight excluding hydrogens is 502 g/mol. The highest BCUT2D eigenvalue weighted by Gasteiger charge is 2.52. The summed E-state index contributed by atoms with van der Waals surface area (Å²) < 4.78 is 32.0. The Hall–Kier alpha value is -2.79. The standard InChI is InChI=1S/C26H40F2N4O6/c1-24(2,3)19(31-23(37)38-5)22(36)32-13-12-26(10-11-26)14-17(32)20(34)30-16(8-9-25(4,27)28)18(33)21(35)29-15-6-7-15/h15-17,19H,6-14H2,1-5H3,(H,29,35)(H,30,34)(H,31,37)/t16-,17-,19+/m0/s1. The van der Waals surface area contributed by atoms with Gasteiger partial charge in [-0.05, 0) is 62.7 Å². The van der Waals surface area contributed by atoms with Crippen molar-refractivity contribution >= 4 is 29.6 Å². The molecule has 3 atom stereocenters. The third-order valence-electron chi connectivity index (χ3n) is 7.63. The summed E-state index contributed by atoms with van der Waals surface area (Å²) in [5.74, 6) is -6.15. The fourth-order valence-electron chi connectivity index (χ4n) is 4.83. The van der Waals surface area contributed by atoms with Crippen LogP contribution in [0, 0.1) is 10.8 Å². The van der Waals surface area contributed by atoms with Crippen molar-refractivity contribution in [2.45, 2.75) is 109 Å². The number of piperidine rings is 1. The van der Waals surface area contributed by atoms with Gasteiger partial charge < -0.3 is 25.6 Å². The van der Waals surface area contributed by atoms with Gasteiger partial charge in [0.1, 0.15) is 12.1 Å². The number of likely N-dealkylation sites (tertiary alicyclic amines) is 1. The van der Waals surface area contributed by atoms with Gasteiger partial charge in [0.05, 0.1) is 13.2 Å². The van der Waals surface area contributed by atoms with Crippen LogP contribution in [0.2, 0.25) is 0 Å². The van der Waals surface area contributed by atoms with E-state index in [9.17, 15) is 32.8 Å². The van der Waals surface area contributed by atoms with E-state index < -0.39 is 71.9 Å². The van der Waals surface area contributed by atoms with Crippen molar-refractivity contribution in [1.82, 2.24) is 20.9 Å². The normalized spacial score (nSPS) is 22.2. The number of nitrogens with zero attached hydrogens (tertiary/aromatic N) is 1. The fourth-order valence-corrected chi connectivity index (χ4v) is 4.83. The number of carbonyl (C=O) groups is 5. The second-order valence-electron chi connectivity index (χ2n) is 12.2. The van der Waals surface area contributed by atoms with Gasteiger partial charge in [0.15, 0.2) is 0 Å². The van der Waals surface area contributed by atoms with Crippen molar-refractivity contribution in [3.8, 4) is 0 Å². The molecule has 3 N–H and O–H groups in total. The van der Waals surface area contributed by atoms with Gasteiger partial charge in [-0.2, -0.15) is 0 Å². The van der Waals surface area contributed by atoms with Crippen LogP contribution in [0.5, 0.6) is 0 Å². The summed E-state index contributed by atoms with van der Waals surface area (Å²) in [5.41, 5.74) is -0.807. The molecule has 0 unspecified atom stereocenters. The Bertz CT molecular complexity index is 952. The topological polar surface area (TPSA) is 134 Å². The van der Waals surface area contributed by atoms with Crippen molar-refractivity contribution in [2.75, 3.05) is 13.7 Å². The zero-order valence-electron chi connectivity index (χ0n) is 22.8. The van der Waals surface area contributed by atoms with E-state index in [1.807, 2.05) is 0 Å². The van der Waals surface area contributed by atoms with Crippen molar-refractivity contribution in [3.63, 3.8) is 0 Å². The Kier molecular flexibility index (Phi) is 8.72. The van der Waals surface area contributed by atoms with E-state index in [4.69, 9.17) is 0 Å². The van der Waals surface area contributed by atoms with Crippen LogP contribution in [-0.4, -0.2) is 78.2 Å². The first-order valence-corrected chi connectivity index (χ1v) is 13.2. The first-order valence-electron chi connectivity index (χ1n) is 13.2. The first kappa shape index (κ1) is 29.8. The molecule has 1 spiro atoms. The number of hydrogen-bond acceptors (Lipinski definition) is 6. The lowest BCUT2D eigenvalue weighted by Gasteiger charge is -2.43. The number of halogens is 2. The van der Waals surface area contributed by atoms with Gasteiger partial charge in [-0.3, -0.25) is 19.2 Å². The third-order valence-corrected chi connectivity index (χ3v) is 7.63. The molecule has 38 heavy (non-hydrogen) atoms. The van der Waals surface area contributed by atoms with E-state index in [1.54, 1.807) is 20.8 Å². The Morgan fingerprint density at radius 2 is 1.66 bits per heavy atom. The smallest absolute Gasteiger partial charge is 0.407 e. The molecule has 10 nitrogen and oxygen atoms in total. The SMILES string of the molecule is COC(=O)N[C@H](C(=O)N1CCC2(CC2)C[C@H]1C(=O)N[C@@H](CCC(C)(F)F)C(=O)C(=O)NC1CC1)C(C)(C)C. The lowest BCUT2D eigenvalue weighted by molar-refractivity contribution is -0.148. The van der Waals surface area contributed by atoms with E-state index in [0.29, 0.717) is 19.8 Å². The summed E-state index contributed by atoms with van der Waals surface area (Å²) >= 11 is 0. The second-order valence-corrected chi connectivity index (χ2v) is 12.2. The highest BCUT2D eigenvalue weighted by Crippen LogP contribution is 2.55. The molecule has 2 aliphatic carbocycles. The van der Waals surface area contributed by atoms with Crippen LogP contribution in [-0.2, 0) is 23.9 Å². The summed E-state index contributed by atoms with van der Waals surface area (Å²) in [6, 6.07) is -3.55. The Labute approximate surface area is 222 Å². The molecule has 0 bridgehead atoms. The monoisotopic (exact) mass is 542 g/mol. The van der Waals surface area contributed by atoms with E-state index in [1.165, 1.54) is 12.0 Å². The van der Waals surface area contributed by atoms with Gasteiger partial charge in [-0.15, -0.1) is 0 Å².